The SMILES string of the molecule is Oc1ccccc1Cn1cc(-c2ccn(CC(F)F)n2)nn1. The number of aromatic hydroxyl groups is 1. The maximum absolute atomic E-state index is 12.3. The summed E-state index contributed by atoms with van der Waals surface area (Å²) in [4.78, 5) is 0. The smallest absolute Gasteiger partial charge is 0.257 e. The fraction of sp³-hybridized carbons (Fsp3) is 0.214. The van der Waals surface area contributed by atoms with Crippen LogP contribution in [0.2, 0.25) is 0 Å². The number of para-hydroxylation sites is 1. The van der Waals surface area contributed by atoms with Crippen molar-refractivity contribution in [2.75, 3.05) is 0 Å². The number of nitrogens with zero attached hydrogens (tertiary/aromatic N) is 5. The first-order valence-electron chi connectivity index (χ1n) is 6.61. The van der Waals surface area contributed by atoms with Crippen LogP contribution in [0.1, 0.15) is 5.56 Å². The molecule has 1 N–H and O–H groups in total. The van der Waals surface area contributed by atoms with E-state index in [1.807, 2.05) is 6.07 Å². The van der Waals surface area contributed by atoms with Crippen molar-refractivity contribution in [2.24, 2.45) is 0 Å². The molecule has 2 heterocycles. The number of phenols is 1. The van der Waals surface area contributed by atoms with Crippen molar-refractivity contribution in [1.82, 2.24) is 24.8 Å². The van der Waals surface area contributed by atoms with E-state index < -0.39 is 13.0 Å². The van der Waals surface area contributed by atoms with Crippen LogP contribution < -0.4 is 0 Å². The Hall–Kier alpha value is -2.77. The average Bonchev–Trinajstić information content (AvgIpc) is 3.10. The number of rotatable bonds is 5. The molecule has 114 valence electrons. The molecule has 0 fully saturated rings. The highest BCUT2D eigenvalue weighted by atomic mass is 19.3. The molecule has 0 radical (unpaired) electrons. The second-order valence-corrected chi connectivity index (χ2v) is 4.74. The van der Waals surface area contributed by atoms with Crippen LogP contribution in [0.5, 0.6) is 5.75 Å². The minimum Gasteiger partial charge on any atom is -0.508 e. The van der Waals surface area contributed by atoms with Crippen molar-refractivity contribution in [2.45, 2.75) is 19.5 Å². The summed E-state index contributed by atoms with van der Waals surface area (Å²) >= 11 is 0. The van der Waals surface area contributed by atoms with Crippen LogP contribution in [0.3, 0.4) is 0 Å². The van der Waals surface area contributed by atoms with E-state index in [1.54, 1.807) is 35.1 Å². The lowest BCUT2D eigenvalue weighted by Crippen LogP contribution is -2.06. The van der Waals surface area contributed by atoms with E-state index in [2.05, 4.69) is 15.4 Å². The van der Waals surface area contributed by atoms with E-state index >= 15 is 0 Å². The Kier molecular flexibility index (Phi) is 3.82. The van der Waals surface area contributed by atoms with Gasteiger partial charge < -0.3 is 5.11 Å². The predicted octanol–water partition coefficient (Wildman–Crippen LogP) is 2.16. The number of alkyl halides is 2. The summed E-state index contributed by atoms with van der Waals surface area (Å²) in [5.74, 6) is 0.181. The number of phenolic OH excluding ortho intramolecular Hbond substituents is 1. The molecule has 3 aromatic rings. The Labute approximate surface area is 124 Å². The number of hydrogen-bond donors (Lipinski definition) is 1. The first-order chi connectivity index (χ1) is 10.6. The van der Waals surface area contributed by atoms with E-state index in [1.165, 1.54) is 10.9 Å². The third kappa shape index (κ3) is 3.11. The first kappa shape index (κ1) is 14.2. The third-order valence-electron chi connectivity index (χ3n) is 3.09. The number of halogens is 2. The fourth-order valence-corrected chi connectivity index (χ4v) is 2.05. The zero-order chi connectivity index (χ0) is 15.5. The summed E-state index contributed by atoms with van der Waals surface area (Å²) in [6, 6.07) is 8.55. The van der Waals surface area contributed by atoms with Gasteiger partial charge in [0, 0.05) is 11.8 Å². The monoisotopic (exact) mass is 305 g/mol. The van der Waals surface area contributed by atoms with Gasteiger partial charge in [-0.05, 0) is 12.1 Å². The molecule has 2 aromatic heterocycles. The van der Waals surface area contributed by atoms with Gasteiger partial charge in [0.2, 0.25) is 0 Å². The molecule has 0 aliphatic rings. The molecule has 22 heavy (non-hydrogen) atoms. The largest absolute Gasteiger partial charge is 0.508 e. The Morgan fingerprint density at radius 2 is 1.91 bits per heavy atom. The topological polar surface area (TPSA) is 68.8 Å². The van der Waals surface area contributed by atoms with E-state index in [-0.39, 0.29) is 5.75 Å². The van der Waals surface area contributed by atoms with E-state index in [0.29, 0.717) is 23.5 Å². The Balaban J connectivity index is 1.76. The standard InChI is InChI=1S/C14H13F2N5O/c15-14(16)9-20-6-5-11(18-20)12-8-21(19-17-12)7-10-3-1-2-4-13(10)22/h1-6,8,14,22H,7,9H2. The van der Waals surface area contributed by atoms with Crippen molar-refractivity contribution in [3.8, 4) is 17.1 Å². The van der Waals surface area contributed by atoms with Crippen LogP contribution in [-0.2, 0) is 13.1 Å². The fourth-order valence-electron chi connectivity index (χ4n) is 2.05. The second kappa shape index (κ2) is 5.92. The van der Waals surface area contributed by atoms with Gasteiger partial charge in [0.1, 0.15) is 23.7 Å². The average molecular weight is 305 g/mol. The second-order valence-electron chi connectivity index (χ2n) is 4.74. The van der Waals surface area contributed by atoms with Crippen LogP contribution in [0, 0.1) is 0 Å². The minimum atomic E-state index is -2.45. The maximum atomic E-state index is 12.3. The van der Waals surface area contributed by atoms with Gasteiger partial charge in [-0.2, -0.15) is 5.10 Å². The molecule has 0 amide bonds. The Morgan fingerprint density at radius 3 is 2.68 bits per heavy atom. The summed E-state index contributed by atoms with van der Waals surface area (Å²) in [6.07, 6.45) is 0.676. The molecular formula is C14H13F2N5O. The van der Waals surface area contributed by atoms with Gasteiger partial charge in [0.25, 0.3) is 6.43 Å². The molecule has 0 atom stereocenters. The first-order valence-corrected chi connectivity index (χ1v) is 6.61. The van der Waals surface area contributed by atoms with Gasteiger partial charge in [0.15, 0.2) is 0 Å². The third-order valence-corrected chi connectivity index (χ3v) is 3.09. The lowest BCUT2D eigenvalue weighted by atomic mass is 10.2. The minimum absolute atomic E-state index is 0.181. The van der Waals surface area contributed by atoms with Gasteiger partial charge >= 0.3 is 0 Å². The zero-order valence-electron chi connectivity index (χ0n) is 11.5. The molecule has 0 saturated carbocycles. The maximum Gasteiger partial charge on any atom is 0.257 e. The van der Waals surface area contributed by atoms with Crippen molar-refractivity contribution in [1.29, 1.82) is 0 Å². The normalized spacial score (nSPS) is 11.2. The Morgan fingerprint density at radius 1 is 1.09 bits per heavy atom. The predicted molar refractivity (Wildman–Crippen MR) is 74.5 cm³/mol. The van der Waals surface area contributed by atoms with Crippen molar-refractivity contribution >= 4 is 0 Å². The van der Waals surface area contributed by atoms with E-state index in [0.717, 1.165) is 0 Å². The molecule has 6 nitrogen and oxygen atoms in total. The zero-order valence-corrected chi connectivity index (χ0v) is 11.5. The van der Waals surface area contributed by atoms with Crippen LogP contribution in [-0.4, -0.2) is 36.3 Å². The summed E-state index contributed by atoms with van der Waals surface area (Å²) in [5.41, 5.74) is 1.68. The number of aromatic nitrogens is 5. The highest BCUT2D eigenvalue weighted by molar-refractivity contribution is 5.51. The van der Waals surface area contributed by atoms with Gasteiger partial charge in [-0.15, -0.1) is 5.10 Å². The molecule has 0 saturated heterocycles. The molecule has 1 aromatic carbocycles. The molecule has 0 bridgehead atoms. The molecule has 0 aliphatic carbocycles. The highest BCUT2D eigenvalue weighted by Crippen LogP contribution is 2.18. The lowest BCUT2D eigenvalue weighted by molar-refractivity contribution is 0.122. The van der Waals surface area contributed by atoms with Gasteiger partial charge in [0.05, 0.1) is 12.7 Å². The van der Waals surface area contributed by atoms with Crippen molar-refractivity contribution in [3.63, 3.8) is 0 Å². The molecule has 0 unspecified atom stereocenters. The van der Waals surface area contributed by atoms with Crippen LogP contribution in [0.4, 0.5) is 8.78 Å². The van der Waals surface area contributed by atoms with Crippen molar-refractivity contribution < 1.29 is 13.9 Å². The number of hydrogen-bond acceptors (Lipinski definition) is 4. The van der Waals surface area contributed by atoms with Crippen LogP contribution in [0.15, 0.2) is 42.7 Å². The summed E-state index contributed by atoms with van der Waals surface area (Å²) in [7, 11) is 0. The van der Waals surface area contributed by atoms with Gasteiger partial charge in [-0.25, -0.2) is 13.5 Å². The van der Waals surface area contributed by atoms with Gasteiger partial charge in [-0.3, -0.25) is 4.68 Å². The molecule has 0 aliphatic heterocycles. The molecule has 0 spiro atoms. The molecule has 8 heteroatoms. The summed E-state index contributed by atoms with van der Waals surface area (Å²) in [6.45, 7) is -0.0938. The number of benzene rings is 1. The highest BCUT2D eigenvalue weighted by Gasteiger charge is 2.11. The van der Waals surface area contributed by atoms with E-state index in [4.69, 9.17) is 0 Å². The Bertz CT molecular complexity index is 768. The quantitative estimate of drug-likeness (QED) is 0.784. The van der Waals surface area contributed by atoms with Crippen molar-refractivity contribution in [3.05, 3.63) is 48.3 Å². The molecular weight excluding hydrogens is 292 g/mol. The van der Waals surface area contributed by atoms with E-state index in [9.17, 15) is 13.9 Å². The lowest BCUT2D eigenvalue weighted by Gasteiger charge is -2.02. The molecule has 3 rings (SSSR count). The van der Waals surface area contributed by atoms with Crippen LogP contribution in [0.25, 0.3) is 11.4 Å². The summed E-state index contributed by atoms with van der Waals surface area (Å²) in [5, 5.41) is 21.7. The summed E-state index contributed by atoms with van der Waals surface area (Å²) < 4.78 is 27.3. The van der Waals surface area contributed by atoms with Gasteiger partial charge in [-0.1, -0.05) is 23.4 Å². The van der Waals surface area contributed by atoms with Crippen LogP contribution >= 0.6 is 0 Å².